The highest BCUT2D eigenvalue weighted by atomic mass is 32.2. The molecule has 0 bridgehead atoms. The first-order chi connectivity index (χ1) is 13.1. The number of hydrogen-bond donors (Lipinski definition) is 1. The van der Waals surface area contributed by atoms with E-state index < -0.39 is 0 Å². The highest BCUT2D eigenvalue weighted by Gasteiger charge is 2.50. The number of nitrogens with one attached hydrogen (secondary N) is 1. The minimum absolute atomic E-state index is 0.0954. The van der Waals surface area contributed by atoms with Gasteiger partial charge in [-0.2, -0.15) is 11.8 Å². The number of hydrogen-bond acceptors (Lipinski definition) is 4. The van der Waals surface area contributed by atoms with E-state index in [2.05, 4.69) is 18.2 Å². The number of rotatable bonds is 8. The molecule has 152 valence electrons. The Kier molecular flexibility index (Phi) is 7.26. The van der Waals surface area contributed by atoms with Crippen LogP contribution in [0.4, 0.5) is 0 Å². The standard InChI is InChI=1S/C21H35N3O2S/c1-3-13-24-20(26)18(10-16-27-2)22-21(24)11-14-23(15-12-21)19(25)9-8-17-6-4-5-7-17/h3,17-18,22H,1,4-16H2,2H3. The molecule has 2 amide bonds. The fraction of sp³-hybridized carbons (Fsp3) is 0.810. The molecule has 1 N–H and O–H groups in total. The molecule has 0 radical (unpaired) electrons. The summed E-state index contributed by atoms with van der Waals surface area (Å²) < 4.78 is 0. The maximum absolute atomic E-state index is 12.9. The molecule has 0 aromatic rings. The van der Waals surface area contributed by atoms with E-state index in [-0.39, 0.29) is 17.6 Å². The number of nitrogens with zero attached hydrogens (tertiary/aromatic N) is 2. The van der Waals surface area contributed by atoms with Crippen LogP contribution in [-0.2, 0) is 9.59 Å². The normalized spacial score (nSPS) is 25.5. The van der Waals surface area contributed by atoms with Crippen LogP contribution in [0.2, 0.25) is 0 Å². The van der Waals surface area contributed by atoms with Crippen LogP contribution in [0, 0.1) is 5.92 Å². The zero-order valence-electron chi connectivity index (χ0n) is 16.8. The molecule has 3 fully saturated rings. The molecule has 3 rings (SSSR count). The molecule has 1 aliphatic carbocycles. The van der Waals surface area contributed by atoms with Gasteiger partial charge < -0.3 is 9.80 Å². The van der Waals surface area contributed by atoms with Crippen LogP contribution in [0.25, 0.3) is 0 Å². The fourth-order valence-electron chi connectivity index (χ4n) is 5.01. The molecular formula is C21H35N3O2S. The average Bonchev–Trinajstić information content (AvgIpc) is 3.28. The van der Waals surface area contributed by atoms with Gasteiger partial charge in [0.05, 0.1) is 11.7 Å². The van der Waals surface area contributed by atoms with Crippen LogP contribution in [0.1, 0.15) is 57.8 Å². The van der Waals surface area contributed by atoms with Crippen LogP contribution in [0.15, 0.2) is 12.7 Å². The molecule has 6 heteroatoms. The lowest BCUT2D eigenvalue weighted by Crippen LogP contribution is -2.59. The van der Waals surface area contributed by atoms with Gasteiger partial charge in [-0.15, -0.1) is 6.58 Å². The van der Waals surface area contributed by atoms with Crippen LogP contribution >= 0.6 is 11.8 Å². The highest BCUT2D eigenvalue weighted by molar-refractivity contribution is 7.98. The number of carbonyl (C=O) groups is 2. The lowest BCUT2D eigenvalue weighted by molar-refractivity contribution is -0.136. The van der Waals surface area contributed by atoms with Gasteiger partial charge in [-0.1, -0.05) is 31.8 Å². The molecule has 1 atom stereocenters. The van der Waals surface area contributed by atoms with E-state index in [4.69, 9.17) is 0 Å². The van der Waals surface area contributed by atoms with Gasteiger partial charge in [-0.05, 0) is 30.8 Å². The molecule has 0 aromatic carbocycles. The Morgan fingerprint density at radius 3 is 2.63 bits per heavy atom. The molecular weight excluding hydrogens is 358 g/mol. The molecule has 2 saturated heterocycles. The van der Waals surface area contributed by atoms with Crippen LogP contribution in [-0.4, -0.2) is 65.0 Å². The summed E-state index contributed by atoms with van der Waals surface area (Å²) in [6.07, 6.45) is 13.4. The summed E-state index contributed by atoms with van der Waals surface area (Å²) in [5.41, 5.74) is -0.295. The number of carbonyl (C=O) groups excluding carboxylic acids is 2. The summed E-state index contributed by atoms with van der Waals surface area (Å²) in [4.78, 5) is 29.5. The summed E-state index contributed by atoms with van der Waals surface area (Å²) in [6.45, 7) is 5.90. The van der Waals surface area contributed by atoms with Crippen molar-refractivity contribution in [1.82, 2.24) is 15.1 Å². The van der Waals surface area contributed by atoms with E-state index in [1.807, 2.05) is 15.9 Å². The first-order valence-corrected chi connectivity index (χ1v) is 12.0. The Balaban J connectivity index is 1.55. The predicted molar refractivity (Wildman–Crippen MR) is 112 cm³/mol. The fourth-order valence-corrected chi connectivity index (χ4v) is 5.48. The third-order valence-corrected chi connectivity index (χ3v) is 7.27. The van der Waals surface area contributed by atoms with Gasteiger partial charge in [-0.25, -0.2) is 0 Å². The largest absolute Gasteiger partial charge is 0.342 e. The summed E-state index contributed by atoms with van der Waals surface area (Å²) in [6, 6.07) is -0.0954. The van der Waals surface area contributed by atoms with Crippen molar-refractivity contribution in [2.75, 3.05) is 31.6 Å². The Morgan fingerprint density at radius 1 is 1.30 bits per heavy atom. The maximum Gasteiger partial charge on any atom is 0.241 e. The second kappa shape index (κ2) is 9.46. The third kappa shape index (κ3) is 4.70. The van der Waals surface area contributed by atoms with Crippen molar-refractivity contribution in [3.05, 3.63) is 12.7 Å². The summed E-state index contributed by atoms with van der Waals surface area (Å²) in [5.74, 6) is 2.24. The molecule has 1 spiro atoms. The molecule has 0 aromatic heterocycles. The molecule has 2 aliphatic heterocycles. The van der Waals surface area contributed by atoms with Crippen molar-refractivity contribution in [2.24, 2.45) is 5.92 Å². The Hall–Kier alpha value is -1.01. The summed E-state index contributed by atoms with van der Waals surface area (Å²) in [5, 5.41) is 3.64. The first-order valence-electron chi connectivity index (χ1n) is 10.6. The lowest BCUT2D eigenvalue weighted by atomic mass is 9.95. The van der Waals surface area contributed by atoms with Crippen molar-refractivity contribution >= 4 is 23.6 Å². The number of amides is 2. The van der Waals surface area contributed by atoms with E-state index >= 15 is 0 Å². The monoisotopic (exact) mass is 393 g/mol. The Bertz CT molecular complexity index is 540. The van der Waals surface area contributed by atoms with E-state index in [1.54, 1.807) is 11.8 Å². The van der Waals surface area contributed by atoms with Crippen molar-refractivity contribution < 1.29 is 9.59 Å². The average molecular weight is 394 g/mol. The molecule has 1 unspecified atom stereocenters. The first kappa shape index (κ1) is 20.7. The molecule has 1 saturated carbocycles. The minimum Gasteiger partial charge on any atom is -0.342 e. The van der Waals surface area contributed by atoms with Crippen LogP contribution in [0.5, 0.6) is 0 Å². The van der Waals surface area contributed by atoms with Crippen molar-refractivity contribution in [3.8, 4) is 0 Å². The molecule has 5 nitrogen and oxygen atoms in total. The smallest absolute Gasteiger partial charge is 0.241 e. The quantitative estimate of drug-likeness (QED) is 0.644. The predicted octanol–water partition coefficient (Wildman–Crippen LogP) is 3.02. The van der Waals surface area contributed by atoms with Crippen LogP contribution in [0.3, 0.4) is 0 Å². The van der Waals surface area contributed by atoms with Gasteiger partial charge in [0.15, 0.2) is 0 Å². The van der Waals surface area contributed by atoms with Crippen molar-refractivity contribution in [2.45, 2.75) is 69.5 Å². The number of likely N-dealkylation sites (tertiary alicyclic amines) is 1. The van der Waals surface area contributed by atoms with E-state index in [9.17, 15) is 9.59 Å². The zero-order chi connectivity index (χ0) is 19.3. The number of piperidine rings is 1. The third-order valence-electron chi connectivity index (χ3n) is 6.63. The second-order valence-corrected chi connectivity index (χ2v) is 9.30. The highest BCUT2D eigenvalue weighted by Crippen LogP contribution is 2.34. The second-order valence-electron chi connectivity index (χ2n) is 8.32. The SMILES string of the molecule is C=CCN1C(=O)C(CCSC)NC12CCN(C(=O)CCC1CCCC1)CC2. The molecule has 3 aliphatic rings. The lowest BCUT2D eigenvalue weighted by Gasteiger charge is -2.44. The van der Waals surface area contributed by atoms with Gasteiger partial charge in [0.25, 0.3) is 0 Å². The van der Waals surface area contributed by atoms with Gasteiger partial charge in [0.2, 0.25) is 11.8 Å². The topological polar surface area (TPSA) is 52.7 Å². The maximum atomic E-state index is 12.9. The van der Waals surface area contributed by atoms with E-state index in [0.29, 0.717) is 18.9 Å². The van der Waals surface area contributed by atoms with Gasteiger partial charge in [-0.3, -0.25) is 14.9 Å². The minimum atomic E-state index is -0.295. The Morgan fingerprint density at radius 2 is 2.00 bits per heavy atom. The van der Waals surface area contributed by atoms with E-state index in [0.717, 1.165) is 50.4 Å². The number of thioether (sulfide) groups is 1. The Labute approximate surface area is 168 Å². The van der Waals surface area contributed by atoms with Crippen molar-refractivity contribution in [3.63, 3.8) is 0 Å². The van der Waals surface area contributed by atoms with Crippen LogP contribution < -0.4 is 5.32 Å². The molecule has 2 heterocycles. The van der Waals surface area contributed by atoms with E-state index in [1.165, 1.54) is 25.7 Å². The van der Waals surface area contributed by atoms with Crippen molar-refractivity contribution in [1.29, 1.82) is 0 Å². The van der Waals surface area contributed by atoms with Gasteiger partial charge in [0, 0.05) is 38.9 Å². The van der Waals surface area contributed by atoms with Gasteiger partial charge in [0.1, 0.15) is 0 Å². The molecule has 27 heavy (non-hydrogen) atoms. The summed E-state index contributed by atoms with van der Waals surface area (Å²) >= 11 is 1.78. The zero-order valence-corrected chi connectivity index (χ0v) is 17.6. The summed E-state index contributed by atoms with van der Waals surface area (Å²) in [7, 11) is 0. The van der Waals surface area contributed by atoms with Gasteiger partial charge >= 0.3 is 0 Å².